The number of aromatic nitrogens is 2. The van der Waals surface area contributed by atoms with Crippen LogP contribution in [0.1, 0.15) is 31.3 Å². The first-order chi connectivity index (χ1) is 15.1. The molecule has 4 aromatic rings. The van der Waals surface area contributed by atoms with Gasteiger partial charge in [-0.1, -0.05) is 65.9 Å². The second kappa shape index (κ2) is 7.73. The van der Waals surface area contributed by atoms with Gasteiger partial charge in [-0.05, 0) is 28.5 Å². The molecule has 0 spiro atoms. The largest absolute Gasteiger partial charge is 0.299 e. The fourth-order valence-electron chi connectivity index (χ4n) is 3.67. The fourth-order valence-corrected chi connectivity index (χ4v) is 4.45. The summed E-state index contributed by atoms with van der Waals surface area (Å²) in [5.41, 5.74) is 1.75. The maximum Gasteiger partial charge on any atom is 0.262 e. The third-order valence-electron chi connectivity index (χ3n) is 5.11. The van der Waals surface area contributed by atoms with E-state index in [0.29, 0.717) is 22.7 Å². The molecule has 8 heteroatoms. The highest BCUT2D eigenvalue weighted by molar-refractivity contribution is 7.15. The SMILES string of the molecule is O=C(CN1C(=O)c2ccccc2C1=O)Nc1nnc(Cc2cccc3ccccc23)s1. The van der Waals surface area contributed by atoms with E-state index in [2.05, 4.69) is 33.7 Å². The summed E-state index contributed by atoms with van der Waals surface area (Å²) in [4.78, 5) is 38.2. The Kier molecular flexibility index (Phi) is 4.76. The lowest BCUT2D eigenvalue weighted by molar-refractivity contribution is -0.116. The smallest absolute Gasteiger partial charge is 0.262 e. The van der Waals surface area contributed by atoms with Crippen LogP contribution in [0.2, 0.25) is 0 Å². The van der Waals surface area contributed by atoms with Gasteiger partial charge in [0.05, 0.1) is 11.1 Å². The molecular weight excluding hydrogens is 412 g/mol. The summed E-state index contributed by atoms with van der Waals surface area (Å²) in [7, 11) is 0. The lowest BCUT2D eigenvalue weighted by Crippen LogP contribution is -2.37. The van der Waals surface area contributed by atoms with Gasteiger partial charge in [-0.3, -0.25) is 24.6 Å². The van der Waals surface area contributed by atoms with Crippen molar-refractivity contribution >= 4 is 45.0 Å². The minimum absolute atomic E-state index is 0.314. The number of fused-ring (bicyclic) bond motifs is 2. The van der Waals surface area contributed by atoms with Gasteiger partial charge in [-0.2, -0.15) is 0 Å². The Labute approximate surface area is 181 Å². The molecule has 2 heterocycles. The minimum Gasteiger partial charge on any atom is -0.299 e. The van der Waals surface area contributed by atoms with Crippen molar-refractivity contribution in [2.45, 2.75) is 6.42 Å². The Morgan fingerprint density at radius 3 is 2.32 bits per heavy atom. The molecule has 0 saturated carbocycles. The number of carbonyl (C=O) groups is 3. The normalized spacial score (nSPS) is 13.0. The van der Waals surface area contributed by atoms with E-state index < -0.39 is 17.7 Å². The first-order valence-corrected chi connectivity index (χ1v) is 10.5. The summed E-state index contributed by atoms with van der Waals surface area (Å²) in [6.07, 6.45) is 0.591. The second-order valence-electron chi connectivity index (χ2n) is 7.11. The van der Waals surface area contributed by atoms with E-state index in [1.807, 2.05) is 24.3 Å². The molecule has 0 bridgehead atoms. The van der Waals surface area contributed by atoms with Crippen LogP contribution in [-0.2, 0) is 11.2 Å². The van der Waals surface area contributed by atoms with Crippen molar-refractivity contribution in [1.82, 2.24) is 15.1 Å². The van der Waals surface area contributed by atoms with Crippen molar-refractivity contribution in [1.29, 1.82) is 0 Å². The van der Waals surface area contributed by atoms with E-state index in [9.17, 15) is 14.4 Å². The number of nitrogens with zero attached hydrogens (tertiary/aromatic N) is 3. The average Bonchev–Trinajstić information content (AvgIpc) is 3.32. The molecule has 7 nitrogen and oxygen atoms in total. The van der Waals surface area contributed by atoms with Crippen LogP contribution in [-0.4, -0.2) is 39.4 Å². The molecular formula is C23H16N4O3S. The number of anilines is 1. The third-order valence-corrected chi connectivity index (χ3v) is 5.95. The number of amides is 3. The lowest BCUT2D eigenvalue weighted by atomic mass is 10.0. The number of hydrogen-bond acceptors (Lipinski definition) is 6. The van der Waals surface area contributed by atoms with Crippen LogP contribution >= 0.6 is 11.3 Å². The third kappa shape index (κ3) is 3.57. The van der Waals surface area contributed by atoms with Crippen LogP contribution in [0.4, 0.5) is 5.13 Å². The van der Waals surface area contributed by atoms with Crippen molar-refractivity contribution in [3.05, 3.63) is 88.4 Å². The average molecular weight is 428 g/mol. The molecule has 3 amide bonds. The Balaban J connectivity index is 1.26. The highest BCUT2D eigenvalue weighted by Crippen LogP contribution is 2.25. The first kappa shape index (κ1) is 19.1. The molecule has 5 rings (SSSR count). The number of imide groups is 1. The topological polar surface area (TPSA) is 92.3 Å². The van der Waals surface area contributed by atoms with Gasteiger partial charge in [0.15, 0.2) is 0 Å². The van der Waals surface area contributed by atoms with Crippen molar-refractivity contribution in [2.75, 3.05) is 11.9 Å². The van der Waals surface area contributed by atoms with Crippen LogP contribution in [0.25, 0.3) is 10.8 Å². The molecule has 31 heavy (non-hydrogen) atoms. The van der Waals surface area contributed by atoms with Crippen molar-refractivity contribution in [3.63, 3.8) is 0 Å². The minimum atomic E-state index is -0.498. The Morgan fingerprint density at radius 1 is 0.871 bits per heavy atom. The van der Waals surface area contributed by atoms with Crippen molar-refractivity contribution in [2.24, 2.45) is 0 Å². The van der Waals surface area contributed by atoms with Crippen LogP contribution in [0, 0.1) is 0 Å². The fraction of sp³-hybridized carbons (Fsp3) is 0.0870. The summed E-state index contributed by atoms with van der Waals surface area (Å²) >= 11 is 1.27. The Hall–Kier alpha value is -3.91. The van der Waals surface area contributed by atoms with Gasteiger partial charge in [0, 0.05) is 6.42 Å². The zero-order chi connectivity index (χ0) is 21.4. The number of hydrogen-bond donors (Lipinski definition) is 1. The highest BCUT2D eigenvalue weighted by Gasteiger charge is 2.36. The standard InChI is InChI=1S/C23H16N4O3S/c28-19(13-27-21(29)17-10-3-4-11-18(17)22(27)30)24-23-26-25-20(31-23)12-15-8-5-7-14-6-1-2-9-16(14)15/h1-11H,12-13H2,(H,24,26,28). The summed E-state index contributed by atoms with van der Waals surface area (Å²) in [5, 5.41) is 14.2. The van der Waals surface area contributed by atoms with Gasteiger partial charge in [-0.25, -0.2) is 0 Å². The predicted molar refractivity (Wildman–Crippen MR) is 117 cm³/mol. The molecule has 0 fully saturated rings. The van der Waals surface area contributed by atoms with Crippen LogP contribution in [0.15, 0.2) is 66.7 Å². The van der Waals surface area contributed by atoms with E-state index in [4.69, 9.17) is 0 Å². The van der Waals surface area contributed by atoms with Crippen LogP contribution < -0.4 is 5.32 Å². The van der Waals surface area contributed by atoms with Crippen LogP contribution in [0.3, 0.4) is 0 Å². The predicted octanol–water partition coefficient (Wildman–Crippen LogP) is 3.52. The molecule has 1 N–H and O–H groups in total. The van der Waals surface area contributed by atoms with Crippen molar-refractivity contribution in [3.8, 4) is 0 Å². The van der Waals surface area contributed by atoms with Gasteiger partial charge in [0.25, 0.3) is 11.8 Å². The number of carbonyl (C=O) groups excluding carboxylic acids is 3. The zero-order valence-electron chi connectivity index (χ0n) is 16.2. The molecule has 152 valence electrons. The van der Waals surface area contributed by atoms with E-state index in [1.165, 1.54) is 11.3 Å². The molecule has 1 aromatic heterocycles. The summed E-state index contributed by atoms with van der Waals surface area (Å²) in [5.74, 6) is -1.43. The van der Waals surface area contributed by atoms with Gasteiger partial charge in [0.1, 0.15) is 11.6 Å². The maximum absolute atomic E-state index is 12.4. The van der Waals surface area contributed by atoms with E-state index in [-0.39, 0.29) is 6.54 Å². The molecule has 0 unspecified atom stereocenters. The number of nitrogens with one attached hydrogen (secondary N) is 1. The molecule has 1 aliphatic rings. The van der Waals surface area contributed by atoms with Crippen molar-refractivity contribution < 1.29 is 14.4 Å². The molecule has 0 aliphatic carbocycles. The first-order valence-electron chi connectivity index (χ1n) is 9.64. The van der Waals surface area contributed by atoms with Gasteiger partial charge < -0.3 is 0 Å². The van der Waals surface area contributed by atoms with E-state index in [1.54, 1.807) is 24.3 Å². The van der Waals surface area contributed by atoms with E-state index >= 15 is 0 Å². The van der Waals surface area contributed by atoms with Gasteiger partial charge in [0.2, 0.25) is 11.0 Å². The lowest BCUT2D eigenvalue weighted by Gasteiger charge is -2.12. The zero-order valence-corrected chi connectivity index (χ0v) is 17.1. The van der Waals surface area contributed by atoms with Gasteiger partial charge in [-0.15, -0.1) is 10.2 Å². The number of benzene rings is 3. The summed E-state index contributed by atoms with van der Waals surface area (Å²) in [6, 6.07) is 20.8. The summed E-state index contributed by atoms with van der Waals surface area (Å²) in [6.45, 7) is -0.370. The maximum atomic E-state index is 12.4. The van der Waals surface area contributed by atoms with E-state index in [0.717, 1.165) is 26.2 Å². The molecule has 0 saturated heterocycles. The highest BCUT2D eigenvalue weighted by atomic mass is 32.1. The second-order valence-corrected chi connectivity index (χ2v) is 8.17. The quantitative estimate of drug-likeness (QED) is 0.491. The molecule has 1 aliphatic heterocycles. The number of rotatable bonds is 5. The molecule has 0 atom stereocenters. The molecule has 0 radical (unpaired) electrons. The Morgan fingerprint density at radius 2 is 1.55 bits per heavy atom. The van der Waals surface area contributed by atoms with Gasteiger partial charge >= 0.3 is 0 Å². The Bertz CT molecular complexity index is 1310. The summed E-state index contributed by atoms with van der Waals surface area (Å²) < 4.78 is 0. The monoisotopic (exact) mass is 428 g/mol. The molecule has 3 aromatic carbocycles. The van der Waals surface area contributed by atoms with Crippen LogP contribution in [0.5, 0.6) is 0 Å².